The van der Waals surface area contributed by atoms with Crippen LogP contribution in [-0.4, -0.2) is 49.3 Å². The third kappa shape index (κ3) is 6.30. The van der Waals surface area contributed by atoms with Crippen molar-refractivity contribution in [2.75, 3.05) is 42.2 Å². The standard InChI is InChI=1S/C29H32N4O3/c1-21-15-17-33(18-16-21)29(36)23-7-6-8-25(19-23)31-27(34)20-30-24-13-11-22(12-14-24)28(35)32(2)26-9-4-3-5-10-26/h3-14,19,21,30H,15-18,20H2,1-2H3,(H,31,34). The topological polar surface area (TPSA) is 81.8 Å². The van der Waals surface area contributed by atoms with Crippen LogP contribution in [0.3, 0.4) is 0 Å². The molecular formula is C29H32N4O3. The van der Waals surface area contributed by atoms with Crippen molar-refractivity contribution in [2.24, 2.45) is 5.92 Å². The van der Waals surface area contributed by atoms with Gasteiger partial charge in [0, 0.05) is 48.3 Å². The summed E-state index contributed by atoms with van der Waals surface area (Å²) in [5.41, 5.74) is 3.27. The van der Waals surface area contributed by atoms with Crippen LogP contribution in [0.15, 0.2) is 78.9 Å². The Balaban J connectivity index is 1.29. The number of benzene rings is 3. The Morgan fingerprint density at radius 2 is 1.56 bits per heavy atom. The first-order valence-corrected chi connectivity index (χ1v) is 12.3. The van der Waals surface area contributed by atoms with Gasteiger partial charge in [-0.3, -0.25) is 14.4 Å². The number of piperidine rings is 1. The number of carbonyl (C=O) groups excluding carboxylic acids is 3. The second-order valence-corrected chi connectivity index (χ2v) is 9.23. The number of carbonyl (C=O) groups is 3. The monoisotopic (exact) mass is 484 g/mol. The molecule has 1 heterocycles. The van der Waals surface area contributed by atoms with E-state index in [1.54, 1.807) is 60.5 Å². The molecule has 1 aliphatic rings. The lowest BCUT2D eigenvalue weighted by molar-refractivity contribution is -0.114. The highest BCUT2D eigenvalue weighted by atomic mass is 16.2. The Bertz CT molecular complexity index is 1200. The van der Waals surface area contributed by atoms with E-state index in [9.17, 15) is 14.4 Å². The summed E-state index contributed by atoms with van der Waals surface area (Å²) < 4.78 is 0. The van der Waals surface area contributed by atoms with Gasteiger partial charge >= 0.3 is 0 Å². The molecule has 0 radical (unpaired) electrons. The second kappa shape index (κ2) is 11.5. The fraction of sp³-hybridized carbons (Fsp3) is 0.276. The van der Waals surface area contributed by atoms with Crippen LogP contribution in [0, 0.1) is 5.92 Å². The number of hydrogen-bond donors (Lipinski definition) is 2. The molecule has 1 aliphatic heterocycles. The van der Waals surface area contributed by atoms with E-state index >= 15 is 0 Å². The fourth-order valence-electron chi connectivity index (χ4n) is 4.20. The number of rotatable bonds is 7. The molecule has 36 heavy (non-hydrogen) atoms. The van der Waals surface area contributed by atoms with Crippen LogP contribution in [0.5, 0.6) is 0 Å². The molecule has 3 aromatic rings. The minimum atomic E-state index is -0.227. The van der Waals surface area contributed by atoms with Gasteiger partial charge in [0.25, 0.3) is 11.8 Å². The van der Waals surface area contributed by atoms with Crippen LogP contribution >= 0.6 is 0 Å². The molecule has 0 bridgehead atoms. The zero-order valence-corrected chi connectivity index (χ0v) is 20.7. The summed E-state index contributed by atoms with van der Waals surface area (Å²) in [5, 5.41) is 5.92. The van der Waals surface area contributed by atoms with Gasteiger partial charge in [-0.2, -0.15) is 0 Å². The molecule has 3 aromatic carbocycles. The summed E-state index contributed by atoms with van der Waals surface area (Å²) in [6, 6.07) is 23.5. The number of para-hydroxylation sites is 1. The van der Waals surface area contributed by atoms with Crippen molar-refractivity contribution in [1.29, 1.82) is 0 Å². The normalized spacial score (nSPS) is 13.7. The molecule has 0 aromatic heterocycles. The van der Waals surface area contributed by atoms with E-state index in [1.165, 1.54) is 0 Å². The van der Waals surface area contributed by atoms with Crippen molar-refractivity contribution in [3.63, 3.8) is 0 Å². The highest BCUT2D eigenvalue weighted by Crippen LogP contribution is 2.20. The lowest BCUT2D eigenvalue weighted by atomic mass is 9.98. The molecular weight excluding hydrogens is 452 g/mol. The summed E-state index contributed by atoms with van der Waals surface area (Å²) in [6.07, 6.45) is 2.04. The van der Waals surface area contributed by atoms with Crippen molar-refractivity contribution >= 4 is 34.8 Å². The Labute approximate surface area is 212 Å². The smallest absolute Gasteiger partial charge is 0.258 e. The Hall–Kier alpha value is -4.13. The minimum absolute atomic E-state index is 0.00340. The molecule has 3 amide bonds. The van der Waals surface area contributed by atoms with Gasteiger partial charge in [0.2, 0.25) is 5.91 Å². The Morgan fingerprint density at radius 3 is 2.25 bits per heavy atom. The van der Waals surface area contributed by atoms with Gasteiger partial charge in [-0.15, -0.1) is 0 Å². The summed E-state index contributed by atoms with van der Waals surface area (Å²) in [4.78, 5) is 41.5. The van der Waals surface area contributed by atoms with E-state index in [4.69, 9.17) is 0 Å². The van der Waals surface area contributed by atoms with Crippen molar-refractivity contribution in [1.82, 2.24) is 4.90 Å². The van der Waals surface area contributed by atoms with Crippen LogP contribution in [-0.2, 0) is 4.79 Å². The van der Waals surface area contributed by atoms with Crippen molar-refractivity contribution in [2.45, 2.75) is 19.8 Å². The van der Waals surface area contributed by atoms with Gasteiger partial charge in [-0.25, -0.2) is 0 Å². The number of nitrogens with zero attached hydrogens (tertiary/aromatic N) is 2. The average molecular weight is 485 g/mol. The lowest BCUT2D eigenvalue weighted by Crippen LogP contribution is -2.37. The van der Waals surface area contributed by atoms with Crippen LogP contribution in [0.2, 0.25) is 0 Å². The van der Waals surface area contributed by atoms with Crippen LogP contribution in [0.4, 0.5) is 17.1 Å². The Morgan fingerprint density at radius 1 is 0.861 bits per heavy atom. The molecule has 0 aliphatic carbocycles. The third-order valence-electron chi connectivity index (χ3n) is 6.50. The highest BCUT2D eigenvalue weighted by Gasteiger charge is 2.21. The van der Waals surface area contributed by atoms with E-state index in [1.807, 2.05) is 35.2 Å². The molecule has 0 saturated carbocycles. The minimum Gasteiger partial charge on any atom is -0.376 e. The van der Waals surface area contributed by atoms with Crippen molar-refractivity contribution < 1.29 is 14.4 Å². The first kappa shape index (κ1) is 25.0. The van der Waals surface area contributed by atoms with Gasteiger partial charge in [-0.1, -0.05) is 31.2 Å². The van der Waals surface area contributed by atoms with Gasteiger partial charge in [0.1, 0.15) is 0 Å². The molecule has 1 saturated heterocycles. The van der Waals surface area contributed by atoms with Gasteiger partial charge in [0.05, 0.1) is 6.54 Å². The molecule has 0 spiro atoms. The van der Waals surface area contributed by atoms with Crippen molar-refractivity contribution in [3.05, 3.63) is 90.0 Å². The van der Waals surface area contributed by atoms with Crippen LogP contribution < -0.4 is 15.5 Å². The number of likely N-dealkylation sites (tertiary alicyclic amines) is 1. The molecule has 4 rings (SSSR count). The van der Waals surface area contributed by atoms with E-state index in [0.717, 1.165) is 37.3 Å². The maximum Gasteiger partial charge on any atom is 0.258 e. The summed E-state index contributed by atoms with van der Waals surface area (Å²) >= 11 is 0. The maximum atomic E-state index is 12.8. The number of amides is 3. The van der Waals surface area contributed by atoms with E-state index in [2.05, 4.69) is 17.6 Å². The zero-order valence-electron chi connectivity index (χ0n) is 20.7. The van der Waals surface area contributed by atoms with Crippen LogP contribution in [0.1, 0.15) is 40.5 Å². The first-order chi connectivity index (χ1) is 17.4. The van der Waals surface area contributed by atoms with E-state index in [0.29, 0.717) is 22.7 Å². The molecule has 7 heteroatoms. The molecule has 0 unspecified atom stereocenters. The average Bonchev–Trinajstić information content (AvgIpc) is 2.92. The molecule has 0 atom stereocenters. The maximum absolute atomic E-state index is 12.8. The van der Waals surface area contributed by atoms with E-state index < -0.39 is 0 Å². The summed E-state index contributed by atoms with van der Waals surface area (Å²) in [6.45, 7) is 3.81. The van der Waals surface area contributed by atoms with Gasteiger partial charge in [-0.05, 0) is 73.4 Å². The fourth-order valence-corrected chi connectivity index (χ4v) is 4.20. The van der Waals surface area contributed by atoms with Crippen LogP contribution in [0.25, 0.3) is 0 Å². The van der Waals surface area contributed by atoms with Crippen molar-refractivity contribution in [3.8, 4) is 0 Å². The number of nitrogens with one attached hydrogen (secondary N) is 2. The second-order valence-electron chi connectivity index (χ2n) is 9.23. The highest BCUT2D eigenvalue weighted by molar-refractivity contribution is 6.06. The Kier molecular flexibility index (Phi) is 8.00. The summed E-state index contributed by atoms with van der Waals surface area (Å²) in [7, 11) is 1.74. The molecule has 7 nitrogen and oxygen atoms in total. The molecule has 1 fully saturated rings. The molecule has 2 N–H and O–H groups in total. The SMILES string of the molecule is CC1CCN(C(=O)c2cccc(NC(=O)CNc3ccc(C(=O)N(C)c4ccccc4)cc3)c2)CC1. The summed E-state index contributed by atoms with van der Waals surface area (Å²) in [5.74, 6) is 0.317. The largest absolute Gasteiger partial charge is 0.376 e. The zero-order chi connectivity index (χ0) is 25.5. The molecule has 186 valence electrons. The lowest BCUT2D eigenvalue weighted by Gasteiger charge is -2.30. The quantitative estimate of drug-likeness (QED) is 0.501. The predicted molar refractivity (Wildman–Crippen MR) is 143 cm³/mol. The third-order valence-corrected chi connectivity index (χ3v) is 6.50. The van der Waals surface area contributed by atoms with Gasteiger partial charge < -0.3 is 20.4 Å². The van der Waals surface area contributed by atoms with Gasteiger partial charge in [0.15, 0.2) is 0 Å². The first-order valence-electron chi connectivity index (χ1n) is 12.3. The number of hydrogen-bond acceptors (Lipinski definition) is 4. The predicted octanol–water partition coefficient (Wildman–Crippen LogP) is 4.89. The van der Waals surface area contributed by atoms with E-state index in [-0.39, 0.29) is 24.3 Å². The number of anilines is 3.